The van der Waals surface area contributed by atoms with Gasteiger partial charge in [-0.25, -0.2) is 0 Å². The third-order valence-corrected chi connectivity index (χ3v) is 0.111. The van der Waals surface area contributed by atoms with Gasteiger partial charge in [0.2, 0.25) is 0 Å². The molecule has 0 aromatic carbocycles. The lowest BCUT2D eigenvalue weighted by Gasteiger charge is -1.31. The Morgan fingerprint density at radius 2 is 0.700 bits per heavy atom. The van der Waals surface area contributed by atoms with Crippen molar-refractivity contribution in [1.29, 1.82) is 0 Å². The maximum atomic E-state index is 8.81. The molecule has 0 aliphatic heterocycles. The minimum absolute atomic E-state index is 0.194. The molecule has 0 amide bonds. The zero-order valence-corrected chi connectivity index (χ0v) is 5.36. The van der Waals surface area contributed by atoms with E-state index in [1.165, 1.54) is 0 Å². The largest absolute Gasteiger partial charge is 0.295 e. The lowest BCUT2D eigenvalue weighted by Crippen LogP contribution is -1.62. The van der Waals surface area contributed by atoms with Gasteiger partial charge in [0.05, 0.1) is 0 Å². The average Bonchev–Trinajstić information content (AvgIpc) is 2.08. The Hall–Kier alpha value is -1.58. The van der Waals surface area contributed by atoms with E-state index in [-0.39, 0.29) is 25.1 Å². The second-order valence-corrected chi connectivity index (χ2v) is 0.544. The Morgan fingerprint density at radius 1 is 0.600 bits per heavy atom. The average molecular weight is 144 g/mol. The molecule has 0 aliphatic carbocycles. The van der Waals surface area contributed by atoms with Gasteiger partial charge in [-0.3, -0.25) is 19.2 Å². The molecule has 0 aliphatic rings. The molecule has 0 rings (SSSR count). The van der Waals surface area contributed by atoms with Crippen LogP contribution in [0, 0.1) is 0 Å². The molecule has 0 aromatic rings. The van der Waals surface area contributed by atoms with Gasteiger partial charge < -0.3 is 0 Å². The second kappa shape index (κ2) is 52.2. The van der Waals surface area contributed by atoms with E-state index in [1.807, 2.05) is 0 Å². The van der Waals surface area contributed by atoms with Gasteiger partial charge in [0.1, 0.15) is 0 Å². The molecule has 4 heteroatoms. The molecule has 0 aromatic heterocycles. The number of aldehydes is 4. The normalized spacial score (nSPS) is 4.40. The Bertz CT molecular complexity index is 73.9. The van der Waals surface area contributed by atoms with E-state index in [2.05, 4.69) is 13.2 Å². The highest BCUT2D eigenvalue weighted by Crippen LogP contribution is 1.12. The summed E-state index contributed by atoms with van der Waals surface area (Å²) in [5.41, 5.74) is 0. The molecule has 0 fully saturated rings. The first-order valence-corrected chi connectivity index (χ1v) is 2.11. The number of hydrogen-bond donors (Lipinski definition) is 0. The van der Waals surface area contributed by atoms with E-state index < -0.39 is 0 Å². The van der Waals surface area contributed by atoms with E-state index in [4.69, 9.17) is 19.2 Å². The molecular weight excluding hydrogens is 136 g/mol. The highest BCUT2D eigenvalue weighted by molar-refractivity contribution is 6.09. The van der Waals surface area contributed by atoms with Crippen molar-refractivity contribution in [2.45, 2.75) is 0 Å². The summed E-state index contributed by atoms with van der Waals surface area (Å²) in [6.07, 6.45) is 0.778. The van der Waals surface area contributed by atoms with Crippen molar-refractivity contribution in [3.8, 4) is 0 Å². The summed E-state index contributed by atoms with van der Waals surface area (Å²) in [5, 5.41) is 0. The van der Waals surface area contributed by atoms with Crippen molar-refractivity contribution in [2.24, 2.45) is 0 Å². The Kier molecular flexibility index (Phi) is 82.4. The van der Waals surface area contributed by atoms with E-state index >= 15 is 0 Å². The van der Waals surface area contributed by atoms with Crippen molar-refractivity contribution in [3.63, 3.8) is 0 Å². The SMILES string of the molecule is C=C.O=CC=O.O=CC=O. The van der Waals surface area contributed by atoms with Crippen molar-refractivity contribution in [1.82, 2.24) is 0 Å². The molecule has 0 radical (unpaired) electrons. The highest BCUT2D eigenvalue weighted by atomic mass is 16.2. The Labute approximate surface area is 58.5 Å². The first kappa shape index (κ1) is 15.8. The molecule has 10 heavy (non-hydrogen) atoms. The summed E-state index contributed by atoms with van der Waals surface area (Å²) >= 11 is 0. The van der Waals surface area contributed by atoms with Crippen molar-refractivity contribution in [2.75, 3.05) is 0 Å². The lowest BCUT2D eigenvalue weighted by molar-refractivity contribution is -0.122. The van der Waals surface area contributed by atoms with Gasteiger partial charge in [-0.05, 0) is 0 Å². The van der Waals surface area contributed by atoms with Gasteiger partial charge in [0.15, 0.2) is 25.1 Å². The summed E-state index contributed by atoms with van der Waals surface area (Å²) < 4.78 is 0. The van der Waals surface area contributed by atoms with Crippen LogP contribution in [0.4, 0.5) is 0 Å². The summed E-state index contributed by atoms with van der Waals surface area (Å²) in [7, 11) is 0. The van der Waals surface area contributed by atoms with E-state index in [0.717, 1.165) is 0 Å². The smallest absolute Gasteiger partial charge is 0.182 e. The van der Waals surface area contributed by atoms with Crippen LogP contribution in [0.25, 0.3) is 0 Å². The van der Waals surface area contributed by atoms with Crippen LogP contribution in [0.1, 0.15) is 0 Å². The molecule has 0 unspecified atom stereocenters. The Morgan fingerprint density at radius 3 is 0.700 bits per heavy atom. The summed E-state index contributed by atoms with van der Waals surface area (Å²) in [6.45, 7) is 6.00. The Balaban J connectivity index is -0.0000000787. The number of hydrogen-bond acceptors (Lipinski definition) is 4. The first-order valence-electron chi connectivity index (χ1n) is 2.11. The minimum Gasteiger partial charge on any atom is -0.295 e. The van der Waals surface area contributed by atoms with Gasteiger partial charge in [-0.2, -0.15) is 0 Å². The highest BCUT2D eigenvalue weighted by Gasteiger charge is 1.47. The van der Waals surface area contributed by atoms with Crippen LogP contribution in [-0.2, 0) is 19.2 Å². The van der Waals surface area contributed by atoms with E-state index in [1.54, 1.807) is 0 Å². The first-order chi connectivity index (χ1) is 4.83. The predicted molar refractivity (Wildman–Crippen MR) is 35.5 cm³/mol. The molecule has 0 saturated carbocycles. The zero-order chi connectivity index (χ0) is 8.83. The summed E-state index contributed by atoms with van der Waals surface area (Å²) in [4.78, 5) is 35.2. The molecule has 0 N–H and O–H groups in total. The molecule has 0 atom stereocenters. The van der Waals surface area contributed by atoms with Gasteiger partial charge in [0, 0.05) is 0 Å². The second-order valence-electron chi connectivity index (χ2n) is 0.544. The van der Waals surface area contributed by atoms with Crippen LogP contribution in [0.2, 0.25) is 0 Å². The van der Waals surface area contributed by atoms with Crippen LogP contribution in [0.5, 0.6) is 0 Å². The van der Waals surface area contributed by atoms with Crippen molar-refractivity contribution < 1.29 is 19.2 Å². The maximum Gasteiger partial charge on any atom is 0.182 e. The standard InChI is InChI=1S/2C2H2O2.C2H4/c2*3-1-2-4;1-2/h2*1-2H;1-2H2. The van der Waals surface area contributed by atoms with E-state index in [0.29, 0.717) is 0 Å². The van der Waals surface area contributed by atoms with Crippen molar-refractivity contribution in [3.05, 3.63) is 13.2 Å². The van der Waals surface area contributed by atoms with Crippen molar-refractivity contribution >= 4 is 25.1 Å². The van der Waals surface area contributed by atoms with Crippen LogP contribution in [0.15, 0.2) is 13.2 Å². The lowest BCUT2D eigenvalue weighted by atomic mass is 10.9. The minimum atomic E-state index is 0.194. The third kappa shape index (κ3) is 1070. The van der Waals surface area contributed by atoms with Crippen LogP contribution < -0.4 is 0 Å². The number of rotatable bonds is 2. The fourth-order valence-electron chi connectivity index (χ4n) is 0. The van der Waals surface area contributed by atoms with Crippen LogP contribution in [0.3, 0.4) is 0 Å². The summed E-state index contributed by atoms with van der Waals surface area (Å²) in [5.74, 6) is 0. The maximum absolute atomic E-state index is 8.81. The van der Waals surface area contributed by atoms with Gasteiger partial charge in [-0.1, -0.05) is 0 Å². The fraction of sp³-hybridized carbons (Fsp3) is 0. The van der Waals surface area contributed by atoms with Crippen LogP contribution >= 0.6 is 0 Å². The monoisotopic (exact) mass is 144 g/mol. The van der Waals surface area contributed by atoms with Gasteiger partial charge >= 0.3 is 0 Å². The molecule has 56 valence electrons. The molecule has 0 bridgehead atoms. The predicted octanol–water partition coefficient (Wildman–Crippen LogP) is -0.429. The fourth-order valence-corrected chi connectivity index (χ4v) is 0. The van der Waals surface area contributed by atoms with Gasteiger partial charge in [0.25, 0.3) is 0 Å². The number of carbonyl (C=O) groups excluding carboxylic acids is 4. The topological polar surface area (TPSA) is 68.3 Å². The molecular formula is C6H8O4. The number of carbonyl (C=O) groups is 4. The molecule has 0 spiro atoms. The third-order valence-electron chi connectivity index (χ3n) is 0.111. The summed E-state index contributed by atoms with van der Waals surface area (Å²) in [6, 6.07) is 0. The van der Waals surface area contributed by atoms with E-state index in [9.17, 15) is 0 Å². The quantitative estimate of drug-likeness (QED) is 0.299. The van der Waals surface area contributed by atoms with Crippen LogP contribution in [-0.4, -0.2) is 25.1 Å². The molecule has 0 saturated heterocycles. The zero-order valence-electron chi connectivity index (χ0n) is 5.36. The molecule has 4 nitrogen and oxygen atoms in total. The van der Waals surface area contributed by atoms with Gasteiger partial charge in [-0.15, -0.1) is 13.2 Å². The molecule has 0 heterocycles.